The third-order valence-electron chi connectivity index (χ3n) is 2.50. The van der Waals surface area contributed by atoms with Gasteiger partial charge in [-0.25, -0.2) is 0 Å². The van der Waals surface area contributed by atoms with Crippen molar-refractivity contribution in [2.24, 2.45) is 0 Å². The summed E-state index contributed by atoms with van der Waals surface area (Å²) in [7, 11) is 0. The average molecular weight is 300 g/mol. The number of thiocarbonyl (C=S) groups is 1. The zero-order chi connectivity index (χ0) is 15.1. The first-order valence-electron chi connectivity index (χ1n) is 6.09. The van der Waals surface area contributed by atoms with Gasteiger partial charge in [0.15, 0.2) is 0 Å². The largest absolute Gasteiger partial charge is 0.432 e. The molecule has 0 bridgehead atoms. The van der Waals surface area contributed by atoms with Crippen LogP contribution in [-0.4, -0.2) is 10.1 Å². The molecule has 0 heterocycles. The summed E-state index contributed by atoms with van der Waals surface area (Å²) in [5.74, 6) is 0.557. The van der Waals surface area contributed by atoms with Crippen LogP contribution in [0.25, 0.3) is 6.08 Å². The number of benzene rings is 2. The van der Waals surface area contributed by atoms with Crippen LogP contribution in [0.3, 0.4) is 0 Å². The molecule has 0 fully saturated rings. The highest BCUT2D eigenvalue weighted by Crippen LogP contribution is 2.14. The lowest BCUT2D eigenvalue weighted by Gasteiger charge is -2.09. The molecule has 1 N–H and O–H groups in total. The zero-order valence-corrected chi connectivity index (χ0v) is 11.7. The van der Waals surface area contributed by atoms with Gasteiger partial charge in [-0.2, -0.15) is 0 Å². The second-order valence-electron chi connectivity index (χ2n) is 4.05. The first-order valence-corrected chi connectivity index (χ1v) is 6.50. The molecule has 0 saturated carbocycles. The fraction of sp³-hybridized carbons (Fsp3) is 0. The number of hydrogen-bond donors (Lipinski definition) is 1. The monoisotopic (exact) mass is 300 g/mol. The van der Waals surface area contributed by atoms with E-state index in [0.717, 1.165) is 11.9 Å². The number of nitro groups is 1. The Hall–Kier alpha value is -2.73. The molecule has 0 atom stereocenters. The molecule has 6 heteroatoms. The molecule has 2 aromatic carbocycles. The van der Waals surface area contributed by atoms with Gasteiger partial charge in [-0.15, -0.1) is 0 Å². The molecule has 0 saturated heterocycles. The lowest BCUT2D eigenvalue weighted by atomic mass is 10.2. The third-order valence-corrected chi connectivity index (χ3v) is 2.68. The Morgan fingerprint density at radius 2 is 1.81 bits per heavy atom. The minimum absolute atomic E-state index is 0.231. The van der Waals surface area contributed by atoms with Crippen molar-refractivity contribution >= 4 is 29.2 Å². The van der Waals surface area contributed by atoms with Gasteiger partial charge < -0.3 is 10.1 Å². The molecule has 21 heavy (non-hydrogen) atoms. The number of hydrogen-bond acceptors (Lipinski definition) is 4. The molecule has 5 nitrogen and oxygen atoms in total. The zero-order valence-electron chi connectivity index (χ0n) is 10.9. The quantitative estimate of drug-likeness (QED) is 0.530. The van der Waals surface area contributed by atoms with E-state index in [2.05, 4.69) is 5.32 Å². The van der Waals surface area contributed by atoms with E-state index in [9.17, 15) is 10.1 Å². The van der Waals surface area contributed by atoms with Gasteiger partial charge in [-0.3, -0.25) is 10.1 Å². The van der Waals surface area contributed by atoms with Crippen molar-refractivity contribution in [2.45, 2.75) is 0 Å². The maximum Gasteiger partial charge on any atom is 0.266 e. The highest BCUT2D eigenvalue weighted by molar-refractivity contribution is 7.80. The molecule has 0 spiro atoms. The van der Waals surface area contributed by atoms with Crippen LogP contribution in [0.2, 0.25) is 0 Å². The van der Waals surface area contributed by atoms with Gasteiger partial charge in [-0.05, 0) is 42.0 Å². The fourth-order valence-electron chi connectivity index (χ4n) is 1.57. The number of rotatable bonds is 4. The van der Waals surface area contributed by atoms with E-state index in [-0.39, 0.29) is 5.17 Å². The SMILES string of the molecule is O=[N+]([O-])C=Cc1ccc(OC(=S)Nc2ccccc2)cc1. The highest BCUT2D eigenvalue weighted by Gasteiger charge is 2.01. The Morgan fingerprint density at radius 1 is 1.14 bits per heavy atom. The van der Waals surface area contributed by atoms with Crippen LogP contribution in [0.5, 0.6) is 5.75 Å². The van der Waals surface area contributed by atoms with Gasteiger partial charge in [-0.1, -0.05) is 30.3 Å². The number of nitrogens with zero attached hydrogens (tertiary/aromatic N) is 1. The van der Waals surface area contributed by atoms with Crippen molar-refractivity contribution in [2.75, 3.05) is 5.32 Å². The molecular weight excluding hydrogens is 288 g/mol. The Labute approximate surface area is 127 Å². The Balaban J connectivity index is 1.94. The molecule has 2 rings (SSSR count). The summed E-state index contributed by atoms with van der Waals surface area (Å²) >= 11 is 5.10. The van der Waals surface area contributed by atoms with E-state index in [1.165, 1.54) is 6.08 Å². The van der Waals surface area contributed by atoms with E-state index >= 15 is 0 Å². The maximum absolute atomic E-state index is 10.2. The number of para-hydroxylation sites is 1. The summed E-state index contributed by atoms with van der Waals surface area (Å²) < 4.78 is 5.46. The second kappa shape index (κ2) is 7.16. The minimum atomic E-state index is -0.511. The first kappa shape index (κ1) is 14.7. The molecule has 106 valence electrons. The van der Waals surface area contributed by atoms with Crippen LogP contribution in [0, 0.1) is 10.1 Å². The van der Waals surface area contributed by atoms with Gasteiger partial charge in [0.2, 0.25) is 6.20 Å². The van der Waals surface area contributed by atoms with Crippen LogP contribution in [0.1, 0.15) is 5.56 Å². The van der Waals surface area contributed by atoms with Crippen molar-refractivity contribution in [3.8, 4) is 5.75 Å². The van der Waals surface area contributed by atoms with Crippen molar-refractivity contribution < 1.29 is 9.66 Å². The summed E-state index contributed by atoms with van der Waals surface area (Å²) in [5.41, 5.74) is 1.55. The van der Waals surface area contributed by atoms with Crippen molar-refractivity contribution in [3.63, 3.8) is 0 Å². The Kier molecular flexibility index (Phi) is 5.00. The molecule has 2 aromatic rings. The predicted octanol–water partition coefficient (Wildman–Crippen LogP) is 3.71. The third kappa shape index (κ3) is 5.04. The van der Waals surface area contributed by atoms with Crippen LogP contribution in [0.15, 0.2) is 60.8 Å². The molecule has 0 aliphatic rings. The Morgan fingerprint density at radius 3 is 2.43 bits per heavy atom. The molecule has 0 unspecified atom stereocenters. The van der Waals surface area contributed by atoms with E-state index in [1.54, 1.807) is 24.3 Å². The summed E-state index contributed by atoms with van der Waals surface area (Å²) in [6.45, 7) is 0. The van der Waals surface area contributed by atoms with Gasteiger partial charge in [0.05, 0.1) is 4.92 Å². The van der Waals surface area contributed by atoms with Crippen LogP contribution in [0.4, 0.5) is 5.69 Å². The predicted molar refractivity (Wildman–Crippen MR) is 85.8 cm³/mol. The van der Waals surface area contributed by atoms with Gasteiger partial charge >= 0.3 is 0 Å². The molecule has 0 aliphatic carbocycles. The van der Waals surface area contributed by atoms with E-state index < -0.39 is 4.92 Å². The molecule has 0 radical (unpaired) electrons. The van der Waals surface area contributed by atoms with Gasteiger partial charge in [0, 0.05) is 11.8 Å². The van der Waals surface area contributed by atoms with Gasteiger partial charge in [0.1, 0.15) is 5.75 Å². The number of nitrogens with one attached hydrogen (secondary N) is 1. The van der Waals surface area contributed by atoms with Gasteiger partial charge in [0.25, 0.3) is 5.17 Å². The maximum atomic E-state index is 10.2. The lowest BCUT2D eigenvalue weighted by Crippen LogP contribution is -2.16. The van der Waals surface area contributed by atoms with E-state index in [1.807, 2.05) is 30.3 Å². The van der Waals surface area contributed by atoms with E-state index in [0.29, 0.717) is 11.3 Å². The minimum Gasteiger partial charge on any atom is -0.432 e. The molecule has 0 amide bonds. The van der Waals surface area contributed by atoms with Crippen LogP contribution < -0.4 is 10.1 Å². The van der Waals surface area contributed by atoms with Crippen molar-refractivity contribution in [1.29, 1.82) is 0 Å². The second-order valence-corrected chi connectivity index (χ2v) is 4.42. The van der Waals surface area contributed by atoms with E-state index in [4.69, 9.17) is 17.0 Å². The smallest absolute Gasteiger partial charge is 0.266 e. The average Bonchev–Trinajstić information content (AvgIpc) is 2.47. The first-order chi connectivity index (χ1) is 10.1. The molecule has 0 aliphatic heterocycles. The molecule has 0 aromatic heterocycles. The summed E-state index contributed by atoms with van der Waals surface area (Å²) in [6, 6.07) is 16.2. The van der Waals surface area contributed by atoms with Crippen molar-refractivity contribution in [1.82, 2.24) is 0 Å². The highest BCUT2D eigenvalue weighted by atomic mass is 32.1. The molecular formula is C15H12N2O3S. The van der Waals surface area contributed by atoms with Crippen LogP contribution in [-0.2, 0) is 0 Å². The summed E-state index contributed by atoms with van der Waals surface area (Å²) in [6.07, 6.45) is 2.29. The topological polar surface area (TPSA) is 64.4 Å². The lowest BCUT2D eigenvalue weighted by molar-refractivity contribution is -0.400. The fourth-order valence-corrected chi connectivity index (χ4v) is 1.78. The van der Waals surface area contributed by atoms with Crippen molar-refractivity contribution in [3.05, 3.63) is 76.5 Å². The number of anilines is 1. The normalized spacial score (nSPS) is 10.3. The summed E-state index contributed by atoms with van der Waals surface area (Å²) in [4.78, 5) is 9.72. The Bertz CT molecular complexity index is 654. The standard InChI is InChI=1S/C15H12N2O3S/c18-17(19)11-10-12-6-8-14(9-7-12)20-15(21)16-13-4-2-1-3-5-13/h1-11H,(H,16,21). The van der Waals surface area contributed by atoms with Crippen LogP contribution >= 0.6 is 12.2 Å². The summed E-state index contributed by atoms with van der Waals surface area (Å²) in [5, 5.41) is 13.4. The number of ether oxygens (including phenoxy) is 1.